The summed E-state index contributed by atoms with van der Waals surface area (Å²) in [5, 5.41) is 8.37. The van der Waals surface area contributed by atoms with Crippen LogP contribution in [0.15, 0.2) is 17.0 Å². The summed E-state index contributed by atoms with van der Waals surface area (Å²) in [7, 11) is -3.03. The number of anilines is 1. The Hall–Kier alpha value is -1.72. The van der Waals surface area contributed by atoms with Gasteiger partial charge in [0.05, 0.1) is 6.07 Å². The van der Waals surface area contributed by atoms with Gasteiger partial charge in [-0.3, -0.25) is 0 Å². The number of benzene rings is 1. The van der Waals surface area contributed by atoms with Crippen LogP contribution in [0, 0.1) is 23.0 Å². The normalized spacial score (nSPS) is 11.5. The molecule has 0 saturated heterocycles. The van der Waals surface area contributed by atoms with E-state index in [9.17, 15) is 17.2 Å². The predicted octanol–water partition coefficient (Wildman–Crippen LogP) is 1.08. The first-order valence-corrected chi connectivity index (χ1v) is 6.32. The van der Waals surface area contributed by atoms with Gasteiger partial charge in [-0.25, -0.2) is 17.2 Å². The quantitative estimate of drug-likeness (QED) is 0.833. The van der Waals surface area contributed by atoms with Crippen LogP contribution in [0.5, 0.6) is 0 Å². The Morgan fingerprint density at radius 3 is 2.61 bits per heavy atom. The zero-order valence-electron chi connectivity index (χ0n) is 9.52. The highest BCUT2D eigenvalue weighted by atomic mass is 32.2. The van der Waals surface area contributed by atoms with Crippen molar-refractivity contribution in [1.29, 1.82) is 5.26 Å². The largest absolute Gasteiger partial charge is 0.399 e. The van der Waals surface area contributed by atoms with E-state index in [0.29, 0.717) is 6.07 Å². The zero-order valence-corrected chi connectivity index (χ0v) is 10.3. The third kappa shape index (κ3) is 2.75. The van der Waals surface area contributed by atoms with Crippen LogP contribution in [0.4, 0.5) is 14.5 Å². The van der Waals surface area contributed by atoms with E-state index in [1.807, 2.05) is 0 Å². The lowest BCUT2D eigenvalue weighted by Crippen LogP contribution is -2.28. The van der Waals surface area contributed by atoms with E-state index in [4.69, 9.17) is 11.0 Å². The number of nitrogens with two attached hydrogens (primary N) is 1. The second-order valence-corrected chi connectivity index (χ2v) is 5.56. The third-order valence-electron chi connectivity index (χ3n) is 2.24. The van der Waals surface area contributed by atoms with Gasteiger partial charge < -0.3 is 5.73 Å². The molecule has 8 heteroatoms. The van der Waals surface area contributed by atoms with Crippen LogP contribution in [-0.4, -0.2) is 26.3 Å². The maximum Gasteiger partial charge on any atom is 0.245 e. The van der Waals surface area contributed by atoms with Crippen LogP contribution in [0.2, 0.25) is 0 Å². The van der Waals surface area contributed by atoms with Crippen molar-refractivity contribution in [1.82, 2.24) is 4.31 Å². The Kier molecular flexibility index (Phi) is 4.21. The van der Waals surface area contributed by atoms with Crippen molar-refractivity contribution in [2.24, 2.45) is 0 Å². The van der Waals surface area contributed by atoms with E-state index in [-0.39, 0.29) is 18.7 Å². The molecule has 1 aromatic carbocycles. The van der Waals surface area contributed by atoms with Gasteiger partial charge in [-0.1, -0.05) is 0 Å². The molecule has 0 fully saturated rings. The molecule has 0 radical (unpaired) electrons. The fourth-order valence-corrected chi connectivity index (χ4v) is 2.54. The Morgan fingerprint density at radius 1 is 1.44 bits per heavy atom. The Morgan fingerprint density at radius 2 is 2.06 bits per heavy atom. The lowest BCUT2D eigenvalue weighted by atomic mass is 10.3. The summed E-state index contributed by atoms with van der Waals surface area (Å²) >= 11 is 0. The highest BCUT2D eigenvalue weighted by Crippen LogP contribution is 2.23. The molecule has 0 unspecified atom stereocenters. The van der Waals surface area contributed by atoms with E-state index in [2.05, 4.69) is 0 Å². The van der Waals surface area contributed by atoms with E-state index in [0.717, 1.165) is 10.4 Å². The number of sulfonamides is 1. The standard InChI is InChI=1S/C10H11F2N3O2S/c1-15(4-2-3-13)18(16,17)9-6-7(14)5-8(11)10(9)12/h5-6H,2,4,14H2,1H3. The van der Waals surface area contributed by atoms with Crippen molar-refractivity contribution in [3.8, 4) is 6.07 Å². The third-order valence-corrected chi connectivity index (χ3v) is 4.10. The molecule has 0 aliphatic rings. The molecule has 0 aromatic heterocycles. The molecule has 2 N–H and O–H groups in total. The van der Waals surface area contributed by atoms with Crippen LogP contribution in [0.3, 0.4) is 0 Å². The molecule has 0 aliphatic heterocycles. The van der Waals surface area contributed by atoms with Crippen molar-refractivity contribution in [3.05, 3.63) is 23.8 Å². The first-order valence-electron chi connectivity index (χ1n) is 4.88. The fraction of sp³-hybridized carbons (Fsp3) is 0.300. The number of nitrogens with zero attached hydrogens (tertiary/aromatic N) is 2. The van der Waals surface area contributed by atoms with Gasteiger partial charge in [-0.15, -0.1) is 0 Å². The summed E-state index contributed by atoms with van der Waals surface area (Å²) in [6, 6.07) is 3.30. The topological polar surface area (TPSA) is 87.2 Å². The second-order valence-electron chi connectivity index (χ2n) is 3.55. The van der Waals surface area contributed by atoms with Gasteiger partial charge in [0.15, 0.2) is 11.6 Å². The lowest BCUT2D eigenvalue weighted by Gasteiger charge is -2.16. The molecule has 1 rings (SSSR count). The maximum atomic E-state index is 13.5. The smallest absolute Gasteiger partial charge is 0.245 e. The van der Waals surface area contributed by atoms with Gasteiger partial charge >= 0.3 is 0 Å². The fourth-order valence-electron chi connectivity index (χ4n) is 1.27. The number of hydrogen-bond acceptors (Lipinski definition) is 4. The molecular weight excluding hydrogens is 264 g/mol. The maximum absolute atomic E-state index is 13.5. The summed E-state index contributed by atoms with van der Waals surface area (Å²) in [4.78, 5) is -0.833. The van der Waals surface area contributed by atoms with Crippen molar-refractivity contribution < 1.29 is 17.2 Å². The Bertz CT molecular complexity index is 596. The molecule has 18 heavy (non-hydrogen) atoms. The molecule has 0 bridgehead atoms. The molecule has 1 aromatic rings. The molecular formula is C10H11F2N3O2S. The summed E-state index contributed by atoms with van der Waals surface area (Å²) in [5.74, 6) is -2.81. The monoisotopic (exact) mass is 275 g/mol. The van der Waals surface area contributed by atoms with Crippen molar-refractivity contribution in [2.75, 3.05) is 19.3 Å². The molecule has 0 spiro atoms. The number of hydrogen-bond donors (Lipinski definition) is 1. The van der Waals surface area contributed by atoms with Crippen molar-refractivity contribution >= 4 is 15.7 Å². The van der Waals surface area contributed by atoms with Gasteiger partial charge in [-0.05, 0) is 12.1 Å². The molecule has 98 valence electrons. The molecule has 0 saturated carbocycles. The SMILES string of the molecule is CN(CCC#N)S(=O)(=O)c1cc(N)cc(F)c1F. The number of halogens is 2. The molecule has 0 heterocycles. The van der Waals surface area contributed by atoms with Gasteiger partial charge in [0.2, 0.25) is 10.0 Å². The average Bonchev–Trinajstić information content (AvgIpc) is 2.30. The first kappa shape index (κ1) is 14.3. The molecule has 0 atom stereocenters. The molecule has 5 nitrogen and oxygen atoms in total. The van der Waals surface area contributed by atoms with E-state index < -0.39 is 26.6 Å². The average molecular weight is 275 g/mol. The van der Waals surface area contributed by atoms with Crippen LogP contribution in [0.25, 0.3) is 0 Å². The Labute approximate surface area is 103 Å². The minimum atomic E-state index is -4.20. The summed E-state index contributed by atoms with van der Waals surface area (Å²) in [6.07, 6.45) is -0.0534. The molecule has 0 aliphatic carbocycles. The minimum Gasteiger partial charge on any atom is -0.399 e. The van der Waals surface area contributed by atoms with Crippen molar-refractivity contribution in [3.63, 3.8) is 0 Å². The number of nitrogen functional groups attached to an aromatic ring is 1. The van der Waals surface area contributed by atoms with Crippen molar-refractivity contribution in [2.45, 2.75) is 11.3 Å². The zero-order chi connectivity index (χ0) is 13.9. The van der Waals surface area contributed by atoms with Crippen LogP contribution in [-0.2, 0) is 10.0 Å². The Balaban J connectivity index is 3.25. The highest BCUT2D eigenvalue weighted by molar-refractivity contribution is 7.89. The van der Waals surface area contributed by atoms with Gasteiger partial charge in [-0.2, -0.15) is 9.57 Å². The lowest BCUT2D eigenvalue weighted by molar-refractivity contribution is 0.454. The van der Waals surface area contributed by atoms with Gasteiger partial charge in [0.25, 0.3) is 0 Å². The minimum absolute atomic E-state index is 0.0534. The van der Waals surface area contributed by atoms with E-state index in [1.165, 1.54) is 7.05 Å². The second kappa shape index (κ2) is 5.29. The number of rotatable bonds is 4. The van der Waals surface area contributed by atoms with Crippen LogP contribution < -0.4 is 5.73 Å². The van der Waals surface area contributed by atoms with E-state index >= 15 is 0 Å². The van der Waals surface area contributed by atoms with Crippen LogP contribution >= 0.6 is 0 Å². The predicted molar refractivity (Wildman–Crippen MR) is 60.8 cm³/mol. The summed E-state index contributed by atoms with van der Waals surface area (Å²) in [6.45, 7) is -0.116. The summed E-state index contributed by atoms with van der Waals surface area (Å²) < 4.78 is 51.2. The molecule has 0 amide bonds. The van der Waals surface area contributed by atoms with E-state index in [1.54, 1.807) is 6.07 Å². The van der Waals surface area contributed by atoms with Gasteiger partial charge in [0, 0.05) is 25.7 Å². The highest BCUT2D eigenvalue weighted by Gasteiger charge is 2.26. The number of nitriles is 1. The van der Waals surface area contributed by atoms with Crippen LogP contribution in [0.1, 0.15) is 6.42 Å². The summed E-state index contributed by atoms with van der Waals surface area (Å²) in [5.41, 5.74) is 5.09. The van der Waals surface area contributed by atoms with Gasteiger partial charge in [0.1, 0.15) is 4.90 Å². The first-order chi connectivity index (χ1) is 8.30.